The van der Waals surface area contributed by atoms with E-state index in [0.29, 0.717) is 22.8 Å². The minimum absolute atomic E-state index is 0.165. The molecule has 5 rings (SSSR count). The summed E-state index contributed by atoms with van der Waals surface area (Å²) in [6.07, 6.45) is 2.42. The minimum Gasteiger partial charge on any atom is -0.327 e. The minimum atomic E-state index is -2.01. The van der Waals surface area contributed by atoms with Crippen molar-refractivity contribution in [3.05, 3.63) is 77.9 Å². The third-order valence-electron chi connectivity index (χ3n) is 5.44. The molecule has 0 radical (unpaired) electrons. The van der Waals surface area contributed by atoms with E-state index in [-0.39, 0.29) is 23.1 Å². The summed E-state index contributed by atoms with van der Waals surface area (Å²) in [7, 11) is 0. The Morgan fingerprint density at radius 1 is 1.27 bits per heavy atom. The van der Waals surface area contributed by atoms with E-state index >= 15 is 0 Å². The summed E-state index contributed by atoms with van der Waals surface area (Å²) >= 11 is 0. The first-order valence-corrected chi connectivity index (χ1v) is 10.6. The molecule has 1 aromatic carbocycles. The molecule has 0 spiro atoms. The highest BCUT2D eigenvalue weighted by Crippen LogP contribution is 2.39. The normalized spacial score (nSPS) is 18.3. The van der Waals surface area contributed by atoms with E-state index in [2.05, 4.69) is 20.3 Å². The van der Waals surface area contributed by atoms with E-state index in [4.69, 9.17) is 5.48 Å². The van der Waals surface area contributed by atoms with Gasteiger partial charge < -0.3 is 14.5 Å². The summed E-state index contributed by atoms with van der Waals surface area (Å²) in [6.45, 7) is 5.72. The van der Waals surface area contributed by atoms with Crippen molar-refractivity contribution in [1.82, 2.24) is 24.1 Å². The Balaban J connectivity index is 1.42. The second kappa shape index (κ2) is 8.27. The van der Waals surface area contributed by atoms with Crippen LogP contribution in [0.15, 0.2) is 55.2 Å². The van der Waals surface area contributed by atoms with Gasteiger partial charge in [-0.15, -0.1) is 0 Å². The number of anilines is 1. The molecule has 1 aliphatic rings. The fourth-order valence-electron chi connectivity index (χ4n) is 3.66. The van der Waals surface area contributed by atoms with Crippen molar-refractivity contribution in [1.29, 1.82) is 0 Å². The molecule has 1 N–H and O–H groups in total. The molecule has 0 bridgehead atoms. The Morgan fingerprint density at radius 3 is 2.85 bits per heavy atom. The number of hydrogen-bond acceptors (Lipinski definition) is 4. The lowest BCUT2D eigenvalue weighted by molar-refractivity contribution is 0.102. The van der Waals surface area contributed by atoms with Crippen molar-refractivity contribution in [3.63, 3.8) is 0 Å². The number of rotatable bonds is 6. The number of nitrogens with one attached hydrogen (secondary N) is 1. The lowest BCUT2D eigenvalue weighted by Gasteiger charge is -2.13. The van der Waals surface area contributed by atoms with Gasteiger partial charge in [0.1, 0.15) is 17.3 Å². The number of carbonyl (C=O) groups excluding carboxylic acids is 1. The topological polar surface area (TPSA) is 77.6 Å². The average Bonchev–Trinajstić information content (AvgIpc) is 3.33. The molecule has 33 heavy (non-hydrogen) atoms. The van der Waals surface area contributed by atoms with Gasteiger partial charge in [-0.25, -0.2) is 19.3 Å². The molecule has 168 valence electrons. The van der Waals surface area contributed by atoms with Crippen LogP contribution in [0.5, 0.6) is 0 Å². The first-order chi connectivity index (χ1) is 17.4. The zero-order valence-electron chi connectivity index (χ0n) is 22.4. The SMILES string of the molecule is [2H]C1([2H])C(c2cn(-c3cc(C(=O)Nc4cccc(-c5nccn5C(C)C)n4)c(F)cc3C)cn2)C1([2H])[2H]. The number of carbonyl (C=O) groups is 1. The highest BCUT2D eigenvalue weighted by molar-refractivity contribution is 6.04. The lowest BCUT2D eigenvalue weighted by atomic mass is 10.1. The number of aromatic nitrogens is 5. The Kier molecular flexibility index (Phi) is 4.20. The van der Waals surface area contributed by atoms with Gasteiger partial charge >= 0.3 is 0 Å². The molecule has 0 unspecified atom stereocenters. The molecule has 1 amide bonds. The van der Waals surface area contributed by atoms with Crippen molar-refractivity contribution >= 4 is 11.7 Å². The highest BCUT2D eigenvalue weighted by Gasteiger charge is 2.26. The number of nitrogens with zero attached hydrogens (tertiary/aromatic N) is 5. The Bertz CT molecular complexity index is 1500. The zero-order chi connectivity index (χ0) is 26.7. The van der Waals surface area contributed by atoms with Crippen LogP contribution >= 0.6 is 0 Å². The number of aryl methyl sites for hydroxylation is 1. The summed E-state index contributed by atoms with van der Waals surface area (Å²) in [4.78, 5) is 26.1. The second-order valence-electron chi connectivity index (χ2n) is 8.16. The van der Waals surface area contributed by atoms with Crippen molar-refractivity contribution < 1.29 is 14.7 Å². The lowest BCUT2D eigenvalue weighted by Crippen LogP contribution is -2.16. The first-order valence-electron chi connectivity index (χ1n) is 12.6. The summed E-state index contributed by atoms with van der Waals surface area (Å²) in [5, 5.41) is 2.65. The van der Waals surface area contributed by atoms with Gasteiger partial charge in [0.25, 0.3) is 5.91 Å². The first kappa shape index (κ1) is 16.8. The second-order valence-corrected chi connectivity index (χ2v) is 8.16. The van der Waals surface area contributed by atoms with Crippen LogP contribution < -0.4 is 5.32 Å². The van der Waals surface area contributed by atoms with E-state index in [0.717, 1.165) is 0 Å². The number of benzene rings is 1. The maximum absolute atomic E-state index is 14.9. The Morgan fingerprint density at radius 2 is 2.09 bits per heavy atom. The molecule has 3 aromatic heterocycles. The number of pyridine rings is 1. The molecule has 4 aromatic rings. The third kappa shape index (κ3) is 4.16. The number of hydrogen-bond donors (Lipinski definition) is 1. The van der Waals surface area contributed by atoms with Crippen molar-refractivity contribution in [2.24, 2.45) is 0 Å². The molecular weight excluding hydrogens is 419 g/mol. The van der Waals surface area contributed by atoms with E-state index in [1.807, 2.05) is 24.6 Å². The molecule has 8 heteroatoms. The molecule has 0 aliphatic heterocycles. The molecule has 0 atom stereocenters. The third-order valence-corrected chi connectivity index (χ3v) is 5.44. The van der Waals surface area contributed by atoms with Crippen LogP contribution in [0.25, 0.3) is 17.2 Å². The van der Waals surface area contributed by atoms with Crippen molar-refractivity contribution in [2.75, 3.05) is 5.32 Å². The van der Waals surface area contributed by atoms with Gasteiger partial charge in [-0.05, 0) is 63.3 Å². The van der Waals surface area contributed by atoms with Crippen LogP contribution in [0.1, 0.15) is 65.7 Å². The molecule has 1 saturated carbocycles. The zero-order valence-corrected chi connectivity index (χ0v) is 18.4. The maximum Gasteiger partial charge on any atom is 0.259 e. The summed E-state index contributed by atoms with van der Waals surface area (Å²) in [5.41, 5.74) is 1.61. The van der Waals surface area contributed by atoms with Crippen LogP contribution in [-0.4, -0.2) is 30.0 Å². The van der Waals surface area contributed by atoms with E-state index in [1.165, 1.54) is 29.2 Å². The monoisotopic (exact) mass is 448 g/mol. The number of amides is 1. The fraction of sp³-hybridized carbons (Fsp3) is 0.280. The number of imidazole rings is 2. The molecular formula is C25H25FN6O. The van der Waals surface area contributed by atoms with Gasteiger partial charge in [-0.3, -0.25) is 4.79 Å². The molecule has 3 heterocycles. The van der Waals surface area contributed by atoms with Crippen LogP contribution in [0, 0.1) is 12.7 Å². The summed E-state index contributed by atoms with van der Waals surface area (Å²) < 4.78 is 49.8. The molecule has 1 fully saturated rings. The van der Waals surface area contributed by atoms with Crippen LogP contribution in [0.3, 0.4) is 0 Å². The standard InChI is InChI=1S/C25H25FN6O/c1-15(2)32-10-9-27-24(32)20-5-4-6-23(29-20)30-25(33)18-12-22(16(3)11-19(18)26)31-13-21(28-14-31)17-7-8-17/h4-6,9-15,17H,7-8H2,1-3H3,(H,29,30,33)/i7D2,8D2. The summed E-state index contributed by atoms with van der Waals surface area (Å²) in [6, 6.07) is 7.91. The van der Waals surface area contributed by atoms with Gasteiger partial charge in [0.15, 0.2) is 5.82 Å². The predicted molar refractivity (Wildman–Crippen MR) is 124 cm³/mol. The maximum atomic E-state index is 14.9. The molecule has 1 aliphatic carbocycles. The van der Waals surface area contributed by atoms with Gasteiger partial charge in [-0.2, -0.15) is 0 Å². The van der Waals surface area contributed by atoms with E-state index in [9.17, 15) is 9.18 Å². The van der Waals surface area contributed by atoms with Crippen LogP contribution in [0.4, 0.5) is 10.2 Å². The number of halogens is 1. The van der Waals surface area contributed by atoms with Crippen LogP contribution in [0.2, 0.25) is 0 Å². The van der Waals surface area contributed by atoms with Gasteiger partial charge in [0.05, 0.1) is 23.3 Å². The van der Waals surface area contributed by atoms with Crippen molar-refractivity contribution in [2.45, 2.75) is 45.5 Å². The van der Waals surface area contributed by atoms with Gasteiger partial charge in [-0.1, -0.05) is 6.07 Å². The molecule has 7 nitrogen and oxygen atoms in total. The van der Waals surface area contributed by atoms with Gasteiger partial charge in [0, 0.05) is 36.0 Å². The van der Waals surface area contributed by atoms with Gasteiger partial charge in [0.2, 0.25) is 0 Å². The van der Waals surface area contributed by atoms with Crippen LogP contribution in [-0.2, 0) is 0 Å². The summed E-state index contributed by atoms with van der Waals surface area (Å²) in [5.74, 6) is -1.50. The van der Waals surface area contributed by atoms with Crippen molar-refractivity contribution in [3.8, 4) is 17.2 Å². The van der Waals surface area contributed by atoms with E-state index in [1.54, 1.807) is 31.3 Å². The largest absolute Gasteiger partial charge is 0.327 e. The Labute approximate surface area is 197 Å². The molecule has 0 saturated heterocycles. The predicted octanol–water partition coefficient (Wildman–Crippen LogP) is 5.29. The van der Waals surface area contributed by atoms with E-state index < -0.39 is 30.4 Å². The smallest absolute Gasteiger partial charge is 0.259 e. The highest BCUT2D eigenvalue weighted by atomic mass is 19.1. The quantitative estimate of drug-likeness (QED) is 0.435. The average molecular weight is 449 g/mol. The fourth-order valence-corrected chi connectivity index (χ4v) is 3.66. The Hall–Kier alpha value is -3.81.